The van der Waals surface area contributed by atoms with Gasteiger partial charge in [-0.3, -0.25) is 14.9 Å². The minimum atomic E-state index is -0.631. The third kappa shape index (κ3) is 3.40. The van der Waals surface area contributed by atoms with Crippen LogP contribution in [0.25, 0.3) is 10.8 Å². The highest BCUT2D eigenvalue weighted by Gasteiger charge is 2.30. The number of benzene rings is 1. The van der Waals surface area contributed by atoms with E-state index < -0.39 is 11.9 Å². The molecule has 148 valence electrons. The fraction of sp³-hybridized carbons (Fsp3) is 0.421. The van der Waals surface area contributed by atoms with Crippen LogP contribution in [0.4, 0.5) is 4.79 Å². The van der Waals surface area contributed by atoms with E-state index in [2.05, 4.69) is 16.0 Å². The van der Waals surface area contributed by atoms with Crippen molar-refractivity contribution in [1.82, 2.24) is 25.4 Å². The van der Waals surface area contributed by atoms with E-state index in [9.17, 15) is 19.5 Å². The van der Waals surface area contributed by atoms with E-state index in [1.807, 2.05) is 12.1 Å². The van der Waals surface area contributed by atoms with Crippen molar-refractivity contribution in [3.63, 3.8) is 0 Å². The molecule has 1 unspecified atom stereocenters. The van der Waals surface area contributed by atoms with E-state index in [0.29, 0.717) is 31.4 Å². The summed E-state index contributed by atoms with van der Waals surface area (Å²) >= 11 is 0. The lowest BCUT2D eigenvalue weighted by Crippen LogP contribution is -2.50. The van der Waals surface area contributed by atoms with Gasteiger partial charge >= 0.3 is 6.03 Å². The van der Waals surface area contributed by atoms with Gasteiger partial charge in [-0.1, -0.05) is 12.1 Å². The molecule has 9 nitrogen and oxygen atoms in total. The first-order chi connectivity index (χ1) is 13.5. The molecule has 28 heavy (non-hydrogen) atoms. The quantitative estimate of drug-likeness (QED) is 0.572. The number of nitrogens with one attached hydrogen (secondary N) is 3. The normalized spacial score (nSPS) is 20.3. The molecule has 2 aliphatic heterocycles. The maximum atomic E-state index is 12.3. The first-order valence-corrected chi connectivity index (χ1v) is 9.43. The third-order valence-corrected chi connectivity index (χ3v) is 5.33. The number of piperidine rings is 1. The van der Waals surface area contributed by atoms with Gasteiger partial charge in [-0.05, 0) is 18.1 Å². The monoisotopic (exact) mass is 385 g/mol. The molecule has 2 saturated heterocycles. The van der Waals surface area contributed by atoms with Crippen LogP contribution in [-0.4, -0.2) is 58.6 Å². The van der Waals surface area contributed by atoms with Crippen LogP contribution in [0, 0.1) is 0 Å². The van der Waals surface area contributed by atoms with E-state index >= 15 is 0 Å². The van der Waals surface area contributed by atoms with Crippen molar-refractivity contribution in [3.05, 3.63) is 30.0 Å². The van der Waals surface area contributed by atoms with Crippen molar-refractivity contribution < 1.29 is 19.5 Å². The van der Waals surface area contributed by atoms with Gasteiger partial charge in [0.1, 0.15) is 6.04 Å². The van der Waals surface area contributed by atoms with Crippen molar-refractivity contribution in [2.75, 3.05) is 26.2 Å². The Labute approximate surface area is 161 Å². The molecule has 2 fully saturated rings. The summed E-state index contributed by atoms with van der Waals surface area (Å²) in [4.78, 5) is 37.7. The number of piperazine rings is 1. The number of carbonyl (C=O) groups excluding carboxylic acids is 3. The topological polar surface area (TPSA) is 116 Å². The summed E-state index contributed by atoms with van der Waals surface area (Å²) in [6, 6.07) is 4.72. The number of fused-ring (bicyclic) bond motifs is 1. The predicted molar refractivity (Wildman–Crippen MR) is 102 cm³/mol. The Hall–Kier alpha value is -3.07. The molecule has 0 saturated carbocycles. The molecule has 1 aromatic heterocycles. The van der Waals surface area contributed by atoms with Crippen molar-refractivity contribution >= 4 is 28.6 Å². The van der Waals surface area contributed by atoms with Crippen LogP contribution in [0.1, 0.15) is 24.4 Å². The number of aromatic hydroxyl groups is 1. The number of nitrogens with zero attached hydrogens (tertiary/aromatic N) is 2. The predicted octanol–water partition coefficient (Wildman–Crippen LogP) is 0.439. The summed E-state index contributed by atoms with van der Waals surface area (Å²) in [6.07, 6.45) is 2.29. The number of amides is 4. The number of carbonyl (C=O) groups is 3. The van der Waals surface area contributed by atoms with Crippen LogP contribution in [0.15, 0.2) is 24.4 Å². The van der Waals surface area contributed by atoms with Crippen LogP contribution in [0.2, 0.25) is 0 Å². The van der Waals surface area contributed by atoms with Gasteiger partial charge in [-0.25, -0.2) is 4.79 Å². The Morgan fingerprint density at radius 1 is 1.21 bits per heavy atom. The van der Waals surface area contributed by atoms with Crippen LogP contribution >= 0.6 is 0 Å². The Kier molecular flexibility index (Phi) is 4.91. The zero-order valence-electron chi connectivity index (χ0n) is 15.4. The minimum Gasteiger partial charge on any atom is -0.494 e. The molecule has 1 aromatic carbocycles. The van der Waals surface area contributed by atoms with Gasteiger partial charge < -0.3 is 25.2 Å². The second-order valence-corrected chi connectivity index (χ2v) is 7.10. The van der Waals surface area contributed by atoms with E-state index in [-0.39, 0.29) is 24.2 Å². The SMILES string of the molecule is O=C1CCC(n2cc3c(CNC(=O)N4CCNCC4)cccc3c2O)C(=O)N1. The van der Waals surface area contributed by atoms with E-state index in [0.717, 1.165) is 24.0 Å². The minimum absolute atomic E-state index is 0.0141. The second-order valence-electron chi connectivity index (χ2n) is 7.10. The molecule has 0 spiro atoms. The molecule has 4 N–H and O–H groups in total. The van der Waals surface area contributed by atoms with Gasteiger partial charge in [-0.15, -0.1) is 0 Å². The van der Waals surface area contributed by atoms with Gasteiger partial charge in [0, 0.05) is 56.1 Å². The second kappa shape index (κ2) is 7.51. The van der Waals surface area contributed by atoms with Crippen molar-refractivity contribution in [1.29, 1.82) is 0 Å². The van der Waals surface area contributed by atoms with Gasteiger partial charge in [0.2, 0.25) is 11.8 Å². The maximum Gasteiger partial charge on any atom is 0.317 e. The average Bonchev–Trinajstić information content (AvgIpc) is 3.04. The molecule has 0 radical (unpaired) electrons. The van der Waals surface area contributed by atoms with Gasteiger partial charge in [0.15, 0.2) is 5.88 Å². The number of hydrogen-bond donors (Lipinski definition) is 4. The summed E-state index contributed by atoms with van der Waals surface area (Å²) in [7, 11) is 0. The largest absolute Gasteiger partial charge is 0.494 e. The fourth-order valence-electron chi connectivity index (χ4n) is 3.79. The molecular formula is C19H23N5O4. The number of imide groups is 1. The zero-order valence-corrected chi connectivity index (χ0v) is 15.4. The molecule has 1 atom stereocenters. The molecule has 0 aliphatic carbocycles. The van der Waals surface area contributed by atoms with Crippen molar-refractivity contribution in [2.24, 2.45) is 0 Å². The summed E-state index contributed by atoms with van der Waals surface area (Å²) < 4.78 is 1.51. The Bertz CT molecular complexity index is 932. The third-order valence-electron chi connectivity index (χ3n) is 5.33. The molecule has 4 amide bonds. The lowest BCUT2D eigenvalue weighted by atomic mass is 10.1. The highest BCUT2D eigenvalue weighted by Crippen LogP contribution is 2.34. The van der Waals surface area contributed by atoms with Crippen LogP contribution in [0.5, 0.6) is 5.88 Å². The first kappa shape index (κ1) is 18.3. The molecule has 2 aliphatic rings. The standard InChI is InChI=1S/C19H23N5O4/c25-16-5-4-15(17(26)22-16)24-11-14-12(2-1-3-13(14)18(24)27)10-21-19(28)23-8-6-20-7-9-23/h1-3,11,15,20,27H,4-10H2,(H,21,28)(H,22,25,26). The highest BCUT2D eigenvalue weighted by atomic mass is 16.3. The number of rotatable bonds is 3. The molecule has 9 heteroatoms. The van der Waals surface area contributed by atoms with Gasteiger partial charge in [-0.2, -0.15) is 0 Å². The highest BCUT2D eigenvalue weighted by molar-refractivity contribution is 6.00. The lowest BCUT2D eigenvalue weighted by molar-refractivity contribution is -0.135. The maximum absolute atomic E-state index is 12.3. The Balaban J connectivity index is 1.55. The lowest BCUT2D eigenvalue weighted by Gasteiger charge is -2.27. The molecular weight excluding hydrogens is 362 g/mol. The number of urea groups is 1. The molecule has 4 rings (SSSR count). The molecule has 2 aromatic rings. The number of aromatic nitrogens is 1. The molecule has 3 heterocycles. The van der Waals surface area contributed by atoms with Crippen LogP contribution < -0.4 is 16.0 Å². The first-order valence-electron chi connectivity index (χ1n) is 9.43. The smallest absolute Gasteiger partial charge is 0.317 e. The average molecular weight is 385 g/mol. The Morgan fingerprint density at radius 3 is 2.75 bits per heavy atom. The number of hydrogen-bond acceptors (Lipinski definition) is 5. The van der Waals surface area contributed by atoms with Gasteiger partial charge in [0.05, 0.1) is 0 Å². The van der Waals surface area contributed by atoms with E-state index in [1.165, 1.54) is 4.57 Å². The Morgan fingerprint density at radius 2 is 2.00 bits per heavy atom. The fourth-order valence-corrected chi connectivity index (χ4v) is 3.79. The van der Waals surface area contributed by atoms with E-state index in [1.54, 1.807) is 17.2 Å². The van der Waals surface area contributed by atoms with E-state index in [4.69, 9.17) is 0 Å². The summed E-state index contributed by atoms with van der Waals surface area (Å²) in [6.45, 7) is 3.22. The van der Waals surface area contributed by atoms with Crippen molar-refractivity contribution in [3.8, 4) is 5.88 Å². The van der Waals surface area contributed by atoms with Crippen LogP contribution in [0.3, 0.4) is 0 Å². The summed E-state index contributed by atoms with van der Waals surface area (Å²) in [5.41, 5.74) is 0.849. The van der Waals surface area contributed by atoms with Gasteiger partial charge in [0.25, 0.3) is 0 Å². The molecule has 0 bridgehead atoms. The summed E-state index contributed by atoms with van der Waals surface area (Å²) in [5, 5.41) is 20.5. The van der Waals surface area contributed by atoms with Crippen molar-refractivity contribution in [2.45, 2.75) is 25.4 Å². The summed E-state index contributed by atoms with van der Waals surface area (Å²) in [5.74, 6) is -0.728. The van der Waals surface area contributed by atoms with Crippen LogP contribution in [-0.2, 0) is 16.1 Å². The zero-order chi connectivity index (χ0) is 19.7.